The predicted octanol–water partition coefficient (Wildman–Crippen LogP) is 8.97. The van der Waals surface area contributed by atoms with E-state index in [0.29, 0.717) is 32.1 Å². The molecule has 0 spiro atoms. The van der Waals surface area contributed by atoms with Crippen LogP contribution in [0.4, 0.5) is 24.5 Å². The molecule has 9 heteroatoms. The Balaban J connectivity index is 1.45. The van der Waals surface area contributed by atoms with Crippen LogP contribution in [0.25, 0.3) is 0 Å². The van der Waals surface area contributed by atoms with Crippen molar-refractivity contribution >= 4 is 17.3 Å². The number of anilines is 2. The van der Waals surface area contributed by atoms with Gasteiger partial charge in [0.1, 0.15) is 6.61 Å². The van der Waals surface area contributed by atoms with Gasteiger partial charge in [-0.25, -0.2) is 4.79 Å². The lowest BCUT2D eigenvalue weighted by atomic mass is 10.1. The summed E-state index contributed by atoms with van der Waals surface area (Å²) in [5, 5.41) is 2.87. The highest BCUT2D eigenvalue weighted by Gasteiger charge is 2.30. The average Bonchev–Trinajstić information content (AvgIpc) is 2.98. The summed E-state index contributed by atoms with van der Waals surface area (Å²) in [6.07, 6.45) is 10.0. The maximum Gasteiger partial charge on any atom is 0.416 e. The highest BCUT2D eigenvalue weighted by molar-refractivity contribution is 5.96. The third-order valence-electron chi connectivity index (χ3n) is 6.71. The molecule has 2 rings (SSSR count). The summed E-state index contributed by atoms with van der Waals surface area (Å²) in [7, 11) is 0. The van der Waals surface area contributed by atoms with Crippen molar-refractivity contribution in [3.8, 4) is 0 Å². The van der Waals surface area contributed by atoms with E-state index in [2.05, 4.69) is 12.2 Å². The van der Waals surface area contributed by atoms with Gasteiger partial charge >= 0.3 is 12.1 Å². The van der Waals surface area contributed by atoms with E-state index in [0.717, 1.165) is 25.2 Å². The molecule has 6 nitrogen and oxygen atoms in total. The lowest BCUT2D eigenvalue weighted by molar-refractivity contribution is -0.137. The van der Waals surface area contributed by atoms with Gasteiger partial charge < -0.3 is 24.3 Å². The van der Waals surface area contributed by atoms with Crippen molar-refractivity contribution in [3.05, 3.63) is 59.7 Å². The second-order valence-electron chi connectivity index (χ2n) is 10.3. The maximum atomic E-state index is 13.0. The van der Waals surface area contributed by atoms with Gasteiger partial charge in [-0.2, -0.15) is 13.2 Å². The molecule has 2 aromatic rings. The molecule has 0 aliphatic carbocycles. The number of hydrogen-bond acceptors (Lipinski definition) is 6. The van der Waals surface area contributed by atoms with Crippen molar-refractivity contribution in [1.29, 1.82) is 0 Å². The third kappa shape index (κ3) is 16.1. The number of esters is 1. The van der Waals surface area contributed by atoms with Crippen LogP contribution < -0.4 is 5.32 Å². The predicted molar refractivity (Wildman–Crippen MR) is 160 cm³/mol. The summed E-state index contributed by atoms with van der Waals surface area (Å²) < 4.78 is 60.9. The Bertz CT molecular complexity index is 986. The number of carbonyl (C=O) groups is 1. The molecule has 0 aromatic heterocycles. The monoisotopic (exact) mass is 595 g/mol. The van der Waals surface area contributed by atoms with E-state index in [1.807, 2.05) is 0 Å². The molecule has 1 N–H and O–H groups in total. The minimum Gasteiger partial charge on any atom is -0.460 e. The molecule has 2 aromatic carbocycles. The summed E-state index contributed by atoms with van der Waals surface area (Å²) in [6.45, 7) is 5.11. The average molecular weight is 596 g/mol. The largest absolute Gasteiger partial charge is 0.460 e. The van der Waals surface area contributed by atoms with Crippen LogP contribution in [0.2, 0.25) is 0 Å². The lowest BCUT2D eigenvalue weighted by Gasteiger charge is -2.13. The van der Waals surface area contributed by atoms with Gasteiger partial charge in [-0.1, -0.05) is 89.3 Å². The zero-order valence-corrected chi connectivity index (χ0v) is 25.0. The van der Waals surface area contributed by atoms with E-state index in [4.69, 9.17) is 18.9 Å². The normalized spacial score (nSPS) is 11.5. The number of alkyl halides is 3. The maximum absolute atomic E-state index is 13.0. The molecule has 0 bridgehead atoms. The van der Waals surface area contributed by atoms with E-state index in [9.17, 15) is 18.0 Å². The van der Waals surface area contributed by atoms with Crippen LogP contribution in [-0.2, 0) is 25.1 Å². The standard InChI is InChI=1S/C33H48F3NO5/c1-2-3-4-5-6-7-8-9-10-11-14-20-39-21-22-40-23-24-41-25-26-42-32(38)30-18-12-13-19-31(30)37-29-17-15-16-28(27-29)33(34,35)36/h12-13,15-19,27,37H,2-11,14,20-26H2,1H3. The van der Waals surface area contributed by atoms with Crippen molar-refractivity contribution in [1.82, 2.24) is 0 Å². The van der Waals surface area contributed by atoms with Crippen LogP contribution in [0.5, 0.6) is 0 Å². The molecule has 236 valence electrons. The van der Waals surface area contributed by atoms with Gasteiger partial charge in [0.15, 0.2) is 0 Å². The Kier molecular flexibility index (Phi) is 18.6. The number of halogens is 3. The summed E-state index contributed by atoms with van der Waals surface area (Å²) in [4.78, 5) is 12.5. The second kappa shape index (κ2) is 22.0. The fraction of sp³-hybridized carbons (Fsp3) is 0.606. The minimum absolute atomic E-state index is 0.0405. The van der Waals surface area contributed by atoms with Crippen LogP contribution in [0.3, 0.4) is 0 Å². The summed E-state index contributed by atoms with van der Waals surface area (Å²) in [6, 6.07) is 11.3. The van der Waals surface area contributed by atoms with Gasteiger partial charge in [0, 0.05) is 12.3 Å². The van der Waals surface area contributed by atoms with E-state index in [1.165, 1.54) is 76.3 Å². The summed E-state index contributed by atoms with van der Waals surface area (Å²) >= 11 is 0. The van der Waals surface area contributed by atoms with Gasteiger partial charge in [-0.15, -0.1) is 0 Å². The van der Waals surface area contributed by atoms with Gasteiger partial charge in [-0.05, 0) is 36.8 Å². The number of benzene rings is 2. The fourth-order valence-corrected chi connectivity index (χ4v) is 4.38. The number of unbranched alkanes of at least 4 members (excludes halogenated alkanes) is 10. The Morgan fingerprint density at radius 3 is 1.83 bits per heavy atom. The van der Waals surface area contributed by atoms with Crippen molar-refractivity contribution < 1.29 is 36.9 Å². The Hall–Kier alpha value is -2.62. The molecule has 0 saturated heterocycles. The number of ether oxygens (including phenoxy) is 4. The Morgan fingerprint density at radius 1 is 0.667 bits per heavy atom. The van der Waals surface area contributed by atoms with E-state index in [1.54, 1.807) is 24.3 Å². The quantitative estimate of drug-likeness (QED) is 0.0965. The van der Waals surface area contributed by atoms with Gasteiger partial charge in [-0.3, -0.25) is 0 Å². The van der Waals surface area contributed by atoms with E-state index >= 15 is 0 Å². The number of carbonyl (C=O) groups excluding carboxylic acids is 1. The van der Waals surface area contributed by atoms with Gasteiger partial charge in [0.2, 0.25) is 0 Å². The summed E-state index contributed by atoms with van der Waals surface area (Å²) in [5.41, 5.74) is 0.00182. The Labute approximate surface area is 249 Å². The van der Waals surface area contributed by atoms with E-state index in [-0.39, 0.29) is 24.5 Å². The van der Waals surface area contributed by atoms with Crippen molar-refractivity contribution in [3.63, 3.8) is 0 Å². The second-order valence-corrected chi connectivity index (χ2v) is 10.3. The number of rotatable bonds is 24. The number of para-hydroxylation sites is 1. The molecular formula is C33H48F3NO5. The molecule has 0 atom stereocenters. The van der Waals surface area contributed by atoms with Crippen LogP contribution in [0.1, 0.15) is 93.5 Å². The number of nitrogens with one attached hydrogen (secondary N) is 1. The zero-order chi connectivity index (χ0) is 30.3. The minimum atomic E-state index is -4.46. The molecule has 0 saturated carbocycles. The molecule has 0 radical (unpaired) electrons. The molecule has 0 fully saturated rings. The molecule has 0 aliphatic heterocycles. The smallest absolute Gasteiger partial charge is 0.416 e. The van der Waals surface area contributed by atoms with Gasteiger partial charge in [0.25, 0.3) is 0 Å². The molecule has 0 heterocycles. The zero-order valence-electron chi connectivity index (χ0n) is 25.0. The third-order valence-corrected chi connectivity index (χ3v) is 6.71. The van der Waals surface area contributed by atoms with Crippen molar-refractivity contribution in [2.45, 2.75) is 83.7 Å². The molecular weight excluding hydrogens is 547 g/mol. The first-order valence-corrected chi connectivity index (χ1v) is 15.4. The molecule has 42 heavy (non-hydrogen) atoms. The topological polar surface area (TPSA) is 66.0 Å². The fourth-order valence-electron chi connectivity index (χ4n) is 4.38. The van der Waals surface area contributed by atoms with Crippen LogP contribution >= 0.6 is 0 Å². The summed E-state index contributed by atoms with van der Waals surface area (Å²) in [5.74, 6) is -0.597. The Morgan fingerprint density at radius 2 is 1.21 bits per heavy atom. The molecule has 0 aliphatic rings. The molecule has 0 amide bonds. The highest BCUT2D eigenvalue weighted by Crippen LogP contribution is 2.32. The van der Waals surface area contributed by atoms with Crippen molar-refractivity contribution in [2.24, 2.45) is 0 Å². The first kappa shape index (κ1) is 35.6. The molecule has 0 unspecified atom stereocenters. The van der Waals surface area contributed by atoms with Gasteiger partial charge in [0.05, 0.1) is 49.8 Å². The SMILES string of the molecule is CCCCCCCCCCCCCOCCOCCOCCOC(=O)c1ccccc1Nc1cccc(C(F)(F)F)c1. The van der Waals surface area contributed by atoms with Crippen molar-refractivity contribution in [2.75, 3.05) is 51.6 Å². The van der Waals surface area contributed by atoms with E-state index < -0.39 is 17.7 Å². The van der Waals surface area contributed by atoms with Crippen LogP contribution in [-0.4, -0.2) is 52.2 Å². The number of hydrogen-bond donors (Lipinski definition) is 1. The first-order chi connectivity index (χ1) is 20.4. The first-order valence-electron chi connectivity index (χ1n) is 15.4. The highest BCUT2D eigenvalue weighted by atomic mass is 19.4. The van der Waals surface area contributed by atoms with Crippen LogP contribution in [0.15, 0.2) is 48.5 Å². The lowest BCUT2D eigenvalue weighted by Crippen LogP contribution is -2.15. The van der Waals surface area contributed by atoms with Crippen LogP contribution in [0, 0.1) is 0 Å².